The summed E-state index contributed by atoms with van der Waals surface area (Å²) in [5.74, 6) is -0.578. The van der Waals surface area contributed by atoms with E-state index in [4.69, 9.17) is 10.5 Å². The van der Waals surface area contributed by atoms with Crippen LogP contribution >= 0.6 is 0 Å². The van der Waals surface area contributed by atoms with Gasteiger partial charge in [-0.2, -0.15) is 0 Å². The van der Waals surface area contributed by atoms with Crippen molar-refractivity contribution in [3.05, 3.63) is 29.8 Å². The molecule has 0 bridgehead atoms. The Morgan fingerprint density at radius 3 is 2.38 bits per heavy atom. The molecule has 0 saturated heterocycles. The molecule has 0 aliphatic rings. The minimum atomic E-state index is -0.463. The summed E-state index contributed by atoms with van der Waals surface area (Å²) in [7, 11) is 0. The number of anilines is 1. The van der Waals surface area contributed by atoms with Crippen LogP contribution in [0.4, 0.5) is 5.69 Å². The van der Waals surface area contributed by atoms with Gasteiger partial charge in [-0.3, -0.25) is 4.79 Å². The van der Waals surface area contributed by atoms with Crippen LogP contribution in [0.15, 0.2) is 24.3 Å². The Morgan fingerprint density at radius 2 is 1.88 bits per heavy atom. The fourth-order valence-electron chi connectivity index (χ4n) is 1.42. The van der Waals surface area contributed by atoms with Crippen LogP contribution < -0.4 is 5.73 Å². The molecule has 0 unspecified atom stereocenters. The molecule has 3 nitrogen and oxygen atoms in total. The second-order valence-corrected chi connectivity index (χ2v) is 4.88. The molecule has 2 N–H and O–H groups in total. The molecule has 16 heavy (non-hydrogen) atoms. The summed E-state index contributed by atoms with van der Waals surface area (Å²) < 4.78 is 5.31. The van der Waals surface area contributed by atoms with Crippen molar-refractivity contribution in [2.75, 3.05) is 5.73 Å². The van der Waals surface area contributed by atoms with E-state index in [1.807, 2.05) is 39.0 Å². The zero-order valence-electron chi connectivity index (χ0n) is 10.3. The Labute approximate surface area is 96.6 Å². The van der Waals surface area contributed by atoms with Gasteiger partial charge >= 0.3 is 5.97 Å². The van der Waals surface area contributed by atoms with E-state index in [1.165, 1.54) is 0 Å². The molecule has 88 valence electrons. The van der Waals surface area contributed by atoms with E-state index in [-0.39, 0.29) is 11.9 Å². The second-order valence-electron chi connectivity index (χ2n) is 4.88. The van der Waals surface area contributed by atoms with Gasteiger partial charge in [-0.05, 0) is 39.3 Å². The van der Waals surface area contributed by atoms with Gasteiger partial charge in [0.2, 0.25) is 0 Å². The van der Waals surface area contributed by atoms with E-state index in [9.17, 15) is 4.79 Å². The van der Waals surface area contributed by atoms with Crippen molar-refractivity contribution >= 4 is 11.7 Å². The highest BCUT2D eigenvalue weighted by Gasteiger charge is 2.23. The molecule has 0 heterocycles. The summed E-state index contributed by atoms with van der Waals surface area (Å²) in [6.07, 6.45) is 0. The smallest absolute Gasteiger partial charge is 0.313 e. The summed E-state index contributed by atoms with van der Waals surface area (Å²) in [5, 5.41) is 0. The van der Waals surface area contributed by atoms with E-state index < -0.39 is 5.60 Å². The lowest BCUT2D eigenvalue weighted by Gasteiger charge is -2.22. The largest absolute Gasteiger partial charge is 0.460 e. The standard InChI is InChI=1S/C13H19NO2/c1-9(12(15)16-13(2,3)4)10-7-5-6-8-11(10)14/h5-9H,14H2,1-4H3/t9-/m0/s1. The van der Waals surface area contributed by atoms with Crippen LogP contribution in [0.2, 0.25) is 0 Å². The molecule has 0 aromatic heterocycles. The fourth-order valence-corrected chi connectivity index (χ4v) is 1.42. The van der Waals surface area contributed by atoms with Gasteiger partial charge in [0.25, 0.3) is 0 Å². The summed E-state index contributed by atoms with van der Waals surface area (Å²) >= 11 is 0. The third-order valence-electron chi connectivity index (χ3n) is 2.22. The van der Waals surface area contributed by atoms with Crippen molar-refractivity contribution in [3.63, 3.8) is 0 Å². The Hall–Kier alpha value is -1.51. The molecule has 1 aromatic carbocycles. The molecule has 0 fully saturated rings. The first-order valence-corrected chi connectivity index (χ1v) is 5.38. The van der Waals surface area contributed by atoms with Crippen molar-refractivity contribution in [2.45, 2.75) is 39.2 Å². The van der Waals surface area contributed by atoms with Crippen LogP contribution in [0, 0.1) is 0 Å². The van der Waals surface area contributed by atoms with Gasteiger partial charge < -0.3 is 10.5 Å². The molecule has 3 heteroatoms. The number of nitrogen functional groups attached to an aromatic ring is 1. The monoisotopic (exact) mass is 221 g/mol. The first kappa shape index (κ1) is 12.6. The third-order valence-corrected chi connectivity index (χ3v) is 2.22. The number of carbonyl (C=O) groups excluding carboxylic acids is 1. The van der Waals surface area contributed by atoms with E-state index in [0.717, 1.165) is 5.56 Å². The molecule has 1 aromatic rings. The maximum Gasteiger partial charge on any atom is 0.313 e. The number of hydrogen-bond acceptors (Lipinski definition) is 3. The number of nitrogens with two attached hydrogens (primary N) is 1. The molecule has 0 saturated carbocycles. The van der Waals surface area contributed by atoms with Gasteiger partial charge in [0.05, 0.1) is 5.92 Å². The maximum absolute atomic E-state index is 11.8. The Kier molecular flexibility index (Phi) is 3.58. The number of para-hydroxylation sites is 1. The number of carbonyl (C=O) groups is 1. The summed E-state index contributed by atoms with van der Waals surface area (Å²) in [6, 6.07) is 7.35. The minimum absolute atomic E-state index is 0.245. The molecule has 1 rings (SSSR count). The zero-order valence-corrected chi connectivity index (χ0v) is 10.3. The third kappa shape index (κ3) is 3.26. The van der Waals surface area contributed by atoms with Crippen LogP contribution in [0.5, 0.6) is 0 Å². The fraction of sp³-hybridized carbons (Fsp3) is 0.462. The highest BCUT2D eigenvalue weighted by Crippen LogP contribution is 2.24. The summed E-state index contributed by atoms with van der Waals surface area (Å²) in [4.78, 5) is 11.8. The van der Waals surface area contributed by atoms with Crippen LogP contribution in [0.1, 0.15) is 39.2 Å². The number of ether oxygens (including phenoxy) is 1. The molecule has 0 aliphatic heterocycles. The van der Waals surface area contributed by atoms with E-state index in [1.54, 1.807) is 13.0 Å². The lowest BCUT2D eigenvalue weighted by atomic mass is 9.99. The van der Waals surface area contributed by atoms with Gasteiger partial charge in [0.15, 0.2) is 0 Å². The van der Waals surface area contributed by atoms with Crippen molar-refractivity contribution in [3.8, 4) is 0 Å². The van der Waals surface area contributed by atoms with Gasteiger partial charge in [-0.25, -0.2) is 0 Å². The van der Waals surface area contributed by atoms with Crippen LogP contribution in [-0.4, -0.2) is 11.6 Å². The van der Waals surface area contributed by atoms with Gasteiger partial charge in [-0.1, -0.05) is 18.2 Å². The quantitative estimate of drug-likeness (QED) is 0.617. The Morgan fingerprint density at radius 1 is 1.31 bits per heavy atom. The van der Waals surface area contributed by atoms with Gasteiger partial charge in [0, 0.05) is 5.69 Å². The first-order valence-electron chi connectivity index (χ1n) is 5.38. The highest BCUT2D eigenvalue weighted by atomic mass is 16.6. The van der Waals surface area contributed by atoms with Crippen molar-refractivity contribution in [2.24, 2.45) is 0 Å². The second kappa shape index (κ2) is 4.56. The van der Waals surface area contributed by atoms with Crippen LogP contribution in [0.3, 0.4) is 0 Å². The Bertz CT molecular complexity index is 380. The van der Waals surface area contributed by atoms with E-state index in [0.29, 0.717) is 5.69 Å². The van der Waals surface area contributed by atoms with Gasteiger partial charge in [0.1, 0.15) is 5.60 Å². The summed E-state index contributed by atoms with van der Waals surface area (Å²) in [5.41, 5.74) is 6.79. The number of benzene rings is 1. The average molecular weight is 221 g/mol. The maximum atomic E-state index is 11.8. The molecular formula is C13H19NO2. The highest BCUT2D eigenvalue weighted by molar-refractivity contribution is 5.80. The average Bonchev–Trinajstić information content (AvgIpc) is 2.15. The predicted octanol–water partition coefficient (Wildman–Crippen LogP) is 2.71. The normalized spacial score (nSPS) is 13.2. The number of rotatable bonds is 2. The molecule has 0 radical (unpaired) electrons. The van der Waals surface area contributed by atoms with Crippen molar-refractivity contribution in [1.82, 2.24) is 0 Å². The lowest BCUT2D eigenvalue weighted by Crippen LogP contribution is -2.27. The SMILES string of the molecule is C[C@H](C(=O)OC(C)(C)C)c1ccccc1N. The van der Waals surface area contributed by atoms with E-state index >= 15 is 0 Å². The van der Waals surface area contributed by atoms with Gasteiger partial charge in [-0.15, -0.1) is 0 Å². The predicted molar refractivity (Wildman–Crippen MR) is 65.1 cm³/mol. The number of hydrogen-bond donors (Lipinski definition) is 1. The van der Waals surface area contributed by atoms with Crippen LogP contribution in [-0.2, 0) is 9.53 Å². The molecule has 0 aliphatic carbocycles. The lowest BCUT2D eigenvalue weighted by molar-refractivity contribution is -0.156. The molecule has 0 amide bonds. The van der Waals surface area contributed by atoms with Crippen molar-refractivity contribution in [1.29, 1.82) is 0 Å². The summed E-state index contributed by atoms with van der Waals surface area (Å²) in [6.45, 7) is 7.36. The zero-order chi connectivity index (χ0) is 12.3. The minimum Gasteiger partial charge on any atom is -0.460 e. The van der Waals surface area contributed by atoms with Crippen LogP contribution in [0.25, 0.3) is 0 Å². The first-order chi connectivity index (χ1) is 7.31. The van der Waals surface area contributed by atoms with Crippen molar-refractivity contribution < 1.29 is 9.53 Å². The number of esters is 1. The van der Waals surface area contributed by atoms with E-state index in [2.05, 4.69) is 0 Å². The topological polar surface area (TPSA) is 52.3 Å². The molecular weight excluding hydrogens is 202 g/mol. The molecule has 1 atom stereocenters. The molecule has 0 spiro atoms. The Balaban J connectivity index is 2.83.